The van der Waals surface area contributed by atoms with E-state index in [-0.39, 0.29) is 4.90 Å². The normalized spacial score (nSPS) is 11.1. The minimum atomic E-state index is -3.79. The number of hydrogen-bond acceptors (Lipinski definition) is 7. The predicted octanol–water partition coefficient (Wildman–Crippen LogP) is 3.24. The van der Waals surface area contributed by atoms with Gasteiger partial charge in [0.05, 0.1) is 12.0 Å². The molecule has 0 aliphatic rings. The Morgan fingerprint density at radius 2 is 1.68 bits per heavy atom. The van der Waals surface area contributed by atoms with Crippen LogP contribution in [0.15, 0.2) is 53.4 Å². The molecule has 1 aromatic heterocycles. The lowest BCUT2D eigenvalue weighted by Gasteiger charge is -2.14. The van der Waals surface area contributed by atoms with Crippen molar-refractivity contribution in [3.8, 4) is 5.75 Å². The smallest absolute Gasteiger partial charge is 0.238 e. The molecule has 0 bridgehead atoms. The van der Waals surface area contributed by atoms with Crippen LogP contribution < -0.4 is 20.5 Å². The summed E-state index contributed by atoms with van der Waals surface area (Å²) in [5.41, 5.74) is 3.01. The van der Waals surface area contributed by atoms with Gasteiger partial charge in [0.1, 0.15) is 11.6 Å². The van der Waals surface area contributed by atoms with E-state index in [4.69, 9.17) is 9.88 Å². The second-order valence-electron chi connectivity index (χ2n) is 6.16. The molecule has 0 saturated carbocycles. The number of aryl methyl sites for hydroxylation is 1. The lowest BCUT2D eigenvalue weighted by atomic mass is 10.2. The molecule has 2 aromatic carbocycles. The van der Waals surface area contributed by atoms with E-state index in [1.54, 1.807) is 19.2 Å². The molecule has 28 heavy (non-hydrogen) atoms. The molecule has 3 aromatic rings. The molecule has 0 aliphatic heterocycles. The van der Waals surface area contributed by atoms with Gasteiger partial charge in [0.2, 0.25) is 16.0 Å². The van der Waals surface area contributed by atoms with Crippen LogP contribution in [0.1, 0.15) is 11.3 Å². The molecule has 0 aliphatic carbocycles. The van der Waals surface area contributed by atoms with Crippen LogP contribution in [-0.4, -0.2) is 25.5 Å². The molecule has 0 amide bonds. The van der Waals surface area contributed by atoms with E-state index in [2.05, 4.69) is 20.6 Å². The van der Waals surface area contributed by atoms with Crippen molar-refractivity contribution in [1.82, 2.24) is 9.97 Å². The van der Waals surface area contributed by atoms with E-state index in [1.807, 2.05) is 38.1 Å². The van der Waals surface area contributed by atoms with Crippen molar-refractivity contribution < 1.29 is 13.2 Å². The zero-order valence-corrected chi connectivity index (χ0v) is 16.5. The highest BCUT2D eigenvalue weighted by atomic mass is 32.2. The number of sulfonamides is 1. The van der Waals surface area contributed by atoms with Gasteiger partial charge < -0.3 is 15.4 Å². The standard InChI is InChI=1S/C19H21N5O3S/c1-12-13(2)21-19(23-14-7-9-16(27-3)10-8-14)24-18(12)22-15-5-4-6-17(11-15)28(20,25)26/h4-11H,1-3H3,(H2,20,25,26)(H2,21,22,23,24). The summed E-state index contributed by atoms with van der Waals surface area (Å²) in [7, 11) is -2.18. The molecule has 0 spiro atoms. The van der Waals surface area contributed by atoms with Gasteiger partial charge in [-0.3, -0.25) is 0 Å². The Morgan fingerprint density at radius 3 is 2.32 bits per heavy atom. The topological polar surface area (TPSA) is 119 Å². The quantitative estimate of drug-likeness (QED) is 0.582. The number of primary sulfonamides is 1. The summed E-state index contributed by atoms with van der Waals surface area (Å²) in [6.07, 6.45) is 0. The molecule has 9 heteroatoms. The fourth-order valence-corrected chi connectivity index (χ4v) is 3.06. The van der Waals surface area contributed by atoms with E-state index in [0.29, 0.717) is 17.5 Å². The number of aromatic nitrogens is 2. The molecule has 0 saturated heterocycles. The number of nitrogens with two attached hydrogens (primary N) is 1. The van der Waals surface area contributed by atoms with Crippen molar-refractivity contribution in [2.75, 3.05) is 17.7 Å². The minimum absolute atomic E-state index is 0.0255. The number of nitrogens with one attached hydrogen (secondary N) is 2. The predicted molar refractivity (Wildman–Crippen MR) is 109 cm³/mol. The molecule has 0 atom stereocenters. The van der Waals surface area contributed by atoms with Crippen LogP contribution in [0.2, 0.25) is 0 Å². The van der Waals surface area contributed by atoms with Gasteiger partial charge in [-0.2, -0.15) is 4.98 Å². The number of ether oxygens (including phenoxy) is 1. The summed E-state index contributed by atoms with van der Waals surface area (Å²) < 4.78 is 28.3. The Kier molecular flexibility index (Phi) is 5.48. The lowest BCUT2D eigenvalue weighted by Crippen LogP contribution is -2.12. The van der Waals surface area contributed by atoms with Crippen molar-refractivity contribution in [2.24, 2.45) is 5.14 Å². The Morgan fingerprint density at radius 1 is 0.964 bits per heavy atom. The SMILES string of the molecule is COc1ccc(Nc2nc(C)c(C)c(Nc3cccc(S(N)(=O)=O)c3)n2)cc1. The first-order valence-corrected chi connectivity index (χ1v) is 9.97. The van der Waals surface area contributed by atoms with Gasteiger partial charge in [-0.15, -0.1) is 0 Å². The highest BCUT2D eigenvalue weighted by Crippen LogP contribution is 2.25. The second-order valence-corrected chi connectivity index (χ2v) is 7.72. The summed E-state index contributed by atoms with van der Waals surface area (Å²) >= 11 is 0. The number of methoxy groups -OCH3 is 1. The molecule has 1 heterocycles. The first kappa shape index (κ1) is 19.6. The highest BCUT2D eigenvalue weighted by Gasteiger charge is 2.12. The van der Waals surface area contributed by atoms with Crippen LogP contribution >= 0.6 is 0 Å². The van der Waals surface area contributed by atoms with Crippen LogP contribution in [0.3, 0.4) is 0 Å². The fraction of sp³-hybridized carbons (Fsp3) is 0.158. The molecular weight excluding hydrogens is 378 g/mol. The van der Waals surface area contributed by atoms with Gasteiger partial charge in [0.15, 0.2) is 0 Å². The molecule has 3 rings (SSSR count). The number of nitrogens with zero attached hydrogens (tertiary/aromatic N) is 2. The van der Waals surface area contributed by atoms with Crippen molar-refractivity contribution >= 4 is 33.2 Å². The molecule has 146 valence electrons. The molecule has 8 nitrogen and oxygen atoms in total. The second kappa shape index (κ2) is 7.83. The maximum Gasteiger partial charge on any atom is 0.238 e. The van der Waals surface area contributed by atoms with Gasteiger partial charge in [-0.25, -0.2) is 18.5 Å². The van der Waals surface area contributed by atoms with E-state index in [1.165, 1.54) is 12.1 Å². The average Bonchev–Trinajstić information content (AvgIpc) is 2.66. The van der Waals surface area contributed by atoms with Gasteiger partial charge >= 0.3 is 0 Å². The van der Waals surface area contributed by atoms with Gasteiger partial charge in [-0.05, 0) is 56.3 Å². The Hall–Kier alpha value is -3.17. The lowest BCUT2D eigenvalue weighted by molar-refractivity contribution is 0.415. The highest BCUT2D eigenvalue weighted by molar-refractivity contribution is 7.89. The summed E-state index contributed by atoms with van der Waals surface area (Å²) in [5.74, 6) is 1.73. The van der Waals surface area contributed by atoms with Crippen LogP contribution in [0.25, 0.3) is 0 Å². The van der Waals surface area contributed by atoms with E-state index in [9.17, 15) is 8.42 Å². The first-order valence-electron chi connectivity index (χ1n) is 8.42. The summed E-state index contributed by atoms with van der Waals surface area (Å²) in [5, 5.41) is 11.5. The zero-order valence-electron chi connectivity index (χ0n) is 15.7. The Bertz CT molecular complexity index is 1100. The first-order chi connectivity index (χ1) is 13.3. The van der Waals surface area contributed by atoms with Crippen LogP contribution in [0.4, 0.5) is 23.1 Å². The molecular formula is C19H21N5O3S. The number of anilines is 4. The third-order valence-electron chi connectivity index (χ3n) is 4.16. The molecule has 0 radical (unpaired) electrons. The molecule has 0 fully saturated rings. The third kappa shape index (κ3) is 4.56. The monoisotopic (exact) mass is 399 g/mol. The summed E-state index contributed by atoms with van der Waals surface area (Å²) in [6, 6.07) is 13.6. The van der Waals surface area contributed by atoms with Gasteiger partial charge in [0, 0.05) is 22.6 Å². The number of benzene rings is 2. The largest absolute Gasteiger partial charge is 0.497 e. The van der Waals surface area contributed by atoms with Crippen molar-refractivity contribution in [3.05, 3.63) is 59.8 Å². The number of hydrogen-bond donors (Lipinski definition) is 3. The van der Waals surface area contributed by atoms with E-state index >= 15 is 0 Å². The van der Waals surface area contributed by atoms with Gasteiger partial charge in [-0.1, -0.05) is 6.07 Å². The molecule has 0 unspecified atom stereocenters. The number of rotatable bonds is 6. The maximum absolute atomic E-state index is 11.6. The van der Waals surface area contributed by atoms with E-state index in [0.717, 1.165) is 22.7 Å². The zero-order chi connectivity index (χ0) is 20.3. The average molecular weight is 399 g/mol. The maximum atomic E-state index is 11.6. The fourth-order valence-electron chi connectivity index (χ4n) is 2.50. The Labute approximate surface area is 163 Å². The van der Waals surface area contributed by atoms with Crippen molar-refractivity contribution in [2.45, 2.75) is 18.7 Å². The molecule has 4 N–H and O–H groups in total. The Balaban J connectivity index is 1.89. The van der Waals surface area contributed by atoms with Crippen LogP contribution in [0, 0.1) is 13.8 Å². The van der Waals surface area contributed by atoms with Crippen molar-refractivity contribution in [1.29, 1.82) is 0 Å². The third-order valence-corrected chi connectivity index (χ3v) is 5.07. The summed E-state index contributed by atoms with van der Waals surface area (Å²) in [4.78, 5) is 9.00. The summed E-state index contributed by atoms with van der Waals surface area (Å²) in [6.45, 7) is 3.76. The van der Waals surface area contributed by atoms with E-state index < -0.39 is 10.0 Å². The van der Waals surface area contributed by atoms with Crippen molar-refractivity contribution in [3.63, 3.8) is 0 Å². The van der Waals surface area contributed by atoms with Crippen LogP contribution in [0.5, 0.6) is 5.75 Å². The van der Waals surface area contributed by atoms with Gasteiger partial charge in [0.25, 0.3) is 0 Å². The van der Waals surface area contributed by atoms with Crippen LogP contribution in [-0.2, 0) is 10.0 Å². The minimum Gasteiger partial charge on any atom is -0.497 e.